The second-order valence-corrected chi connectivity index (χ2v) is 4.21. The van der Waals surface area contributed by atoms with Gasteiger partial charge in [0.25, 0.3) is 0 Å². The smallest absolute Gasteiger partial charge is 0.149 e. The Bertz CT molecular complexity index is 303. The summed E-state index contributed by atoms with van der Waals surface area (Å²) in [5.74, 6) is 1.01. The third-order valence-electron chi connectivity index (χ3n) is 2.96. The van der Waals surface area contributed by atoms with E-state index < -0.39 is 0 Å². The van der Waals surface area contributed by atoms with E-state index in [1.165, 1.54) is 12.8 Å². The van der Waals surface area contributed by atoms with Gasteiger partial charge in [-0.15, -0.1) is 10.2 Å². The molecule has 84 valence electrons. The molecule has 1 aliphatic rings. The van der Waals surface area contributed by atoms with Gasteiger partial charge in [-0.1, -0.05) is 0 Å². The van der Waals surface area contributed by atoms with Crippen molar-refractivity contribution in [3.05, 3.63) is 12.2 Å². The Morgan fingerprint density at radius 2 is 2.27 bits per heavy atom. The molecule has 1 atom stereocenters. The zero-order valence-corrected chi connectivity index (χ0v) is 9.40. The van der Waals surface area contributed by atoms with Crippen LogP contribution in [-0.4, -0.2) is 33.9 Å². The Morgan fingerprint density at radius 1 is 1.53 bits per heavy atom. The normalized spacial score (nSPS) is 20.4. The summed E-state index contributed by atoms with van der Waals surface area (Å²) in [6, 6.07) is 0.888. The molecule has 5 heteroatoms. The SMILES string of the molecule is CC(NC1CCNCC1)c1nncn1C. The highest BCUT2D eigenvalue weighted by atomic mass is 15.3. The molecule has 1 aromatic rings. The summed E-state index contributed by atoms with van der Waals surface area (Å²) in [7, 11) is 1.98. The quantitative estimate of drug-likeness (QED) is 0.747. The fraction of sp³-hybridized carbons (Fsp3) is 0.800. The van der Waals surface area contributed by atoms with E-state index in [2.05, 4.69) is 27.8 Å². The highest BCUT2D eigenvalue weighted by Gasteiger charge is 2.18. The predicted octanol–water partition coefficient (Wildman–Crippen LogP) is 0.218. The molecule has 1 aliphatic heterocycles. The summed E-state index contributed by atoms with van der Waals surface area (Å²) in [6.07, 6.45) is 4.14. The Hall–Kier alpha value is -0.940. The number of nitrogens with zero attached hydrogens (tertiary/aromatic N) is 3. The highest BCUT2D eigenvalue weighted by Crippen LogP contribution is 2.12. The zero-order valence-electron chi connectivity index (χ0n) is 9.40. The first-order valence-corrected chi connectivity index (χ1v) is 5.58. The van der Waals surface area contributed by atoms with Gasteiger partial charge in [0.2, 0.25) is 0 Å². The Kier molecular flexibility index (Phi) is 3.33. The molecule has 2 heterocycles. The molecular weight excluding hydrogens is 190 g/mol. The van der Waals surface area contributed by atoms with E-state index in [-0.39, 0.29) is 6.04 Å². The fourth-order valence-corrected chi connectivity index (χ4v) is 2.10. The van der Waals surface area contributed by atoms with E-state index in [9.17, 15) is 0 Å². The summed E-state index contributed by atoms with van der Waals surface area (Å²) in [5, 5.41) is 15.0. The zero-order chi connectivity index (χ0) is 10.7. The van der Waals surface area contributed by atoms with Crippen molar-refractivity contribution in [2.24, 2.45) is 7.05 Å². The van der Waals surface area contributed by atoms with Crippen LogP contribution in [0.15, 0.2) is 6.33 Å². The minimum atomic E-state index is 0.278. The van der Waals surface area contributed by atoms with Crippen molar-refractivity contribution in [2.75, 3.05) is 13.1 Å². The lowest BCUT2D eigenvalue weighted by Gasteiger charge is -2.26. The van der Waals surface area contributed by atoms with Gasteiger partial charge >= 0.3 is 0 Å². The number of aryl methyl sites for hydroxylation is 1. The highest BCUT2D eigenvalue weighted by molar-refractivity contribution is 4.93. The molecule has 0 radical (unpaired) electrons. The average molecular weight is 209 g/mol. The number of rotatable bonds is 3. The lowest BCUT2D eigenvalue weighted by molar-refractivity contribution is 0.350. The summed E-state index contributed by atoms with van der Waals surface area (Å²) < 4.78 is 1.97. The van der Waals surface area contributed by atoms with Crippen LogP contribution in [0.3, 0.4) is 0 Å². The molecule has 1 unspecified atom stereocenters. The molecule has 2 rings (SSSR count). The van der Waals surface area contributed by atoms with Crippen LogP contribution in [0.4, 0.5) is 0 Å². The van der Waals surface area contributed by atoms with E-state index >= 15 is 0 Å². The lowest BCUT2D eigenvalue weighted by atomic mass is 10.1. The van der Waals surface area contributed by atoms with Gasteiger partial charge < -0.3 is 15.2 Å². The minimum Gasteiger partial charge on any atom is -0.319 e. The second kappa shape index (κ2) is 4.72. The van der Waals surface area contributed by atoms with Gasteiger partial charge in [-0.25, -0.2) is 0 Å². The van der Waals surface area contributed by atoms with Crippen LogP contribution in [0.25, 0.3) is 0 Å². The monoisotopic (exact) mass is 209 g/mol. The first-order valence-electron chi connectivity index (χ1n) is 5.58. The number of nitrogens with one attached hydrogen (secondary N) is 2. The standard InChI is InChI=1S/C10H19N5/c1-8(10-14-12-7-15(10)2)13-9-3-5-11-6-4-9/h7-9,11,13H,3-6H2,1-2H3. The molecule has 0 spiro atoms. The van der Waals surface area contributed by atoms with Crippen LogP contribution >= 0.6 is 0 Å². The number of aromatic nitrogens is 3. The van der Waals surface area contributed by atoms with E-state index in [0.717, 1.165) is 18.9 Å². The maximum absolute atomic E-state index is 4.12. The van der Waals surface area contributed by atoms with Crippen LogP contribution in [0, 0.1) is 0 Å². The van der Waals surface area contributed by atoms with Crippen molar-refractivity contribution < 1.29 is 0 Å². The molecule has 0 aliphatic carbocycles. The molecule has 0 saturated carbocycles. The molecule has 2 N–H and O–H groups in total. The fourth-order valence-electron chi connectivity index (χ4n) is 2.10. The van der Waals surface area contributed by atoms with E-state index in [0.29, 0.717) is 6.04 Å². The Morgan fingerprint density at radius 3 is 2.87 bits per heavy atom. The van der Waals surface area contributed by atoms with Crippen LogP contribution in [0.5, 0.6) is 0 Å². The second-order valence-electron chi connectivity index (χ2n) is 4.21. The van der Waals surface area contributed by atoms with Crippen LogP contribution < -0.4 is 10.6 Å². The summed E-state index contributed by atoms with van der Waals surface area (Å²) in [4.78, 5) is 0. The molecule has 1 aromatic heterocycles. The van der Waals surface area contributed by atoms with Gasteiger partial charge in [0.1, 0.15) is 12.2 Å². The number of hydrogen-bond donors (Lipinski definition) is 2. The van der Waals surface area contributed by atoms with Gasteiger partial charge in [0.15, 0.2) is 0 Å². The number of hydrogen-bond acceptors (Lipinski definition) is 4. The molecule has 1 fully saturated rings. The average Bonchev–Trinajstić information content (AvgIpc) is 2.66. The predicted molar refractivity (Wildman–Crippen MR) is 58.4 cm³/mol. The summed E-state index contributed by atoms with van der Waals surface area (Å²) in [5.41, 5.74) is 0. The third kappa shape index (κ3) is 2.54. The van der Waals surface area contributed by atoms with Gasteiger partial charge in [-0.05, 0) is 32.9 Å². The molecular formula is C10H19N5. The van der Waals surface area contributed by atoms with E-state index in [1.54, 1.807) is 6.33 Å². The third-order valence-corrected chi connectivity index (χ3v) is 2.96. The van der Waals surface area contributed by atoms with Crippen LogP contribution in [0.2, 0.25) is 0 Å². The molecule has 0 bridgehead atoms. The van der Waals surface area contributed by atoms with Crippen molar-refractivity contribution in [2.45, 2.75) is 31.8 Å². The number of piperidine rings is 1. The van der Waals surface area contributed by atoms with Gasteiger partial charge in [-0.2, -0.15) is 0 Å². The van der Waals surface area contributed by atoms with Crippen LogP contribution in [-0.2, 0) is 7.05 Å². The molecule has 5 nitrogen and oxygen atoms in total. The maximum Gasteiger partial charge on any atom is 0.149 e. The van der Waals surface area contributed by atoms with E-state index in [4.69, 9.17) is 0 Å². The van der Waals surface area contributed by atoms with Crippen molar-refractivity contribution in [3.63, 3.8) is 0 Å². The van der Waals surface area contributed by atoms with Crippen molar-refractivity contribution in [3.8, 4) is 0 Å². The molecule has 15 heavy (non-hydrogen) atoms. The summed E-state index contributed by atoms with van der Waals surface area (Å²) >= 11 is 0. The van der Waals surface area contributed by atoms with Crippen molar-refractivity contribution >= 4 is 0 Å². The van der Waals surface area contributed by atoms with Gasteiger partial charge in [0.05, 0.1) is 6.04 Å². The Balaban J connectivity index is 1.91. The minimum absolute atomic E-state index is 0.278. The first kappa shape index (κ1) is 10.6. The lowest BCUT2D eigenvalue weighted by Crippen LogP contribution is -2.41. The van der Waals surface area contributed by atoms with Crippen molar-refractivity contribution in [1.29, 1.82) is 0 Å². The first-order chi connectivity index (χ1) is 7.27. The maximum atomic E-state index is 4.12. The molecule has 1 saturated heterocycles. The van der Waals surface area contributed by atoms with Crippen molar-refractivity contribution in [1.82, 2.24) is 25.4 Å². The summed E-state index contributed by atoms with van der Waals surface area (Å²) in [6.45, 7) is 4.37. The topological polar surface area (TPSA) is 54.8 Å². The molecule has 0 aromatic carbocycles. The van der Waals surface area contributed by atoms with Gasteiger partial charge in [0, 0.05) is 13.1 Å². The van der Waals surface area contributed by atoms with E-state index in [1.807, 2.05) is 11.6 Å². The molecule has 0 amide bonds. The largest absolute Gasteiger partial charge is 0.319 e. The van der Waals surface area contributed by atoms with Crippen LogP contribution in [0.1, 0.15) is 31.6 Å². The Labute approximate surface area is 90.3 Å². The van der Waals surface area contributed by atoms with Gasteiger partial charge in [-0.3, -0.25) is 0 Å².